The standard InChI is InChI=1S/C6H5Br.C2H6S/c7-6-4-2-1-3-5-6;1-3-2/h1-5H;1-2H3. The third-order valence-corrected chi connectivity index (χ3v) is 1.26. The Bertz CT molecular complexity index is 151. The van der Waals surface area contributed by atoms with E-state index in [0.717, 1.165) is 4.47 Å². The maximum atomic E-state index is 3.31. The molecule has 0 saturated heterocycles. The topological polar surface area (TPSA) is 0 Å². The molecule has 0 fully saturated rings. The van der Waals surface area contributed by atoms with Gasteiger partial charge in [-0.2, -0.15) is 11.8 Å². The molecule has 0 unspecified atom stereocenters. The molecule has 10 heavy (non-hydrogen) atoms. The summed E-state index contributed by atoms with van der Waals surface area (Å²) in [6.07, 6.45) is 4.08. The van der Waals surface area contributed by atoms with Crippen molar-refractivity contribution in [3.05, 3.63) is 34.8 Å². The van der Waals surface area contributed by atoms with E-state index in [9.17, 15) is 0 Å². The molecule has 0 radical (unpaired) electrons. The number of benzene rings is 1. The van der Waals surface area contributed by atoms with E-state index < -0.39 is 0 Å². The van der Waals surface area contributed by atoms with Crippen LogP contribution in [0.3, 0.4) is 0 Å². The molecule has 0 aromatic heterocycles. The molecule has 0 aliphatic heterocycles. The second kappa shape index (κ2) is 7.16. The smallest absolute Gasteiger partial charge is 0.0175 e. The van der Waals surface area contributed by atoms with Gasteiger partial charge in [0.1, 0.15) is 0 Å². The van der Waals surface area contributed by atoms with Crippen LogP contribution in [0.1, 0.15) is 0 Å². The van der Waals surface area contributed by atoms with E-state index in [4.69, 9.17) is 0 Å². The Morgan fingerprint density at radius 3 is 1.70 bits per heavy atom. The van der Waals surface area contributed by atoms with Gasteiger partial charge in [-0.25, -0.2) is 0 Å². The van der Waals surface area contributed by atoms with Crippen LogP contribution in [0.4, 0.5) is 0 Å². The molecule has 0 N–H and O–H groups in total. The Morgan fingerprint density at radius 2 is 1.50 bits per heavy atom. The molecule has 0 aliphatic carbocycles. The fraction of sp³-hybridized carbons (Fsp3) is 0.250. The first kappa shape index (κ1) is 10.0. The third-order valence-electron chi connectivity index (χ3n) is 0.733. The van der Waals surface area contributed by atoms with Gasteiger partial charge >= 0.3 is 0 Å². The lowest BCUT2D eigenvalue weighted by Gasteiger charge is -1.80. The summed E-state index contributed by atoms with van der Waals surface area (Å²) in [6, 6.07) is 9.97. The first-order valence-corrected chi connectivity index (χ1v) is 5.34. The monoisotopic (exact) mass is 218 g/mol. The number of thioether (sulfide) groups is 1. The Hall–Kier alpha value is 0.0500. The lowest BCUT2D eigenvalue weighted by molar-refractivity contribution is 1.66. The minimum atomic E-state index is 1.13. The number of halogens is 1. The molecule has 0 spiro atoms. The molecule has 0 nitrogen and oxygen atoms in total. The largest absolute Gasteiger partial charge is 0.169 e. The maximum absolute atomic E-state index is 3.31. The zero-order chi connectivity index (χ0) is 7.82. The van der Waals surface area contributed by atoms with Crippen LogP contribution >= 0.6 is 27.7 Å². The normalized spacial score (nSPS) is 7.90. The van der Waals surface area contributed by atoms with Crippen molar-refractivity contribution < 1.29 is 0 Å². The number of hydrogen-bond donors (Lipinski definition) is 0. The van der Waals surface area contributed by atoms with Crippen molar-refractivity contribution in [1.82, 2.24) is 0 Å². The van der Waals surface area contributed by atoms with E-state index in [-0.39, 0.29) is 0 Å². The maximum Gasteiger partial charge on any atom is 0.0175 e. The van der Waals surface area contributed by atoms with E-state index in [1.807, 2.05) is 42.8 Å². The van der Waals surface area contributed by atoms with Gasteiger partial charge in [0.25, 0.3) is 0 Å². The van der Waals surface area contributed by atoms with E-state index in [1.165, 1.54) is 0 Å². The van der Waals surface area contributed by atoms with Crippen LogP contribution in [-0.2, 0) is 0 Å². The van der Waals surface area contributed by atoms with Gasteiger partial charge in [0.05, 0.1) is 0 Å². The van der Waals surface area contributed by atoms with Gasteiger partial charge in [-0.1, -0.05) is 34.1 Å². The summed E-state index contributed by atoms with van der Waals surface area (Å²) in [5.74, 6) is 0. The van der Waals surface area contributed by atoms with Crippen molar-refractivity contribution in [1.29, 1.82) is 0 Å². The lowest BCUT2D eigenvalue weighted by Crippen LogP contribution is -1.55. The average molecular weight is 219 g/mol. The number of rotatable bonds is 0. The molecule has 0 amide bonds. The summed E-state index contributed by atoms with van der Waals surface area (Å²) in [4.78, 5) is 0. The van der Waals surface area contributed by atoms with Gasteiger partial charge in [-0.3, -0.25) is 0 Å². The zero-order valence-electron chi connectivity index (χ0n) is 6.17. The second-order valence-corrected chi connectivity index (χ2v) is 3.44. The fourth-order valence-electron chi connectivity index (χ4n) is 0.415. The van der Waals surface area contributed by atoms with Crippen LogP contribution in [0.5, 0.6) is 0 Å². The highest BCUT2D eigenvalue weighted by atomic mass is 79.9. The third kappa shape index (κ3) is 6.17. The van der Waals surface area contributed by atoms with Gasteiger partial charge in [-0.05, 0) is 24.6 Å². The Kier molecular flexibility index (Phi) is 7.20. The molecule has 2 heteroatoms. The Labute approximate surface area is 75.2 Å². The molecule has 0 bridgehead atoms. The van der Waals surface area contributed by atoms with Gasteiger partial charge in [0, 0.05) is 4.47 Å². The molecule has 0 saturated carbocycles. The fourth-order valence-corrected chi connectivity index (χ4v) is 0.720. The summed E-state index contributed by atoms with van der Waals surface area (Å²) in [5.41, 5.74) is 0. The summed E-state index contributed by atoms with van der Waals surface area (Å²) < 4.78 is 1.13. The zero-order valence-corrected chi connectivity index (χ0v) is 8.58. The SMILES string of the molecule is Brc1ccccc1.CSC. The first-order chi connectivity index (χ1) is 4.81. The van der Waals surface area contributed by atoms with Gasteiger partial charge in [0.2, 0.25) is 0 Å². The summed E-state index contributed by atoms with van der Waals surface area (Å²) in [6.45, 7) is 0. The van der Waals surface area contributed by atoms with E-state index in [2.05, 4.69) is 15.9 Å². The molecule has 1 aromatic rings. The van der Waals surface area contributed by atoms with E-state index in [0.29, 0.717) is 0 Å². The van der Waals surface area contributed by atoms with Crippen LogP contribution in [0.2, 0.25) is 0 Å². The first-order valence-electron chi connectivity index (χ1n) is 2.92. The highest BCUT2D eigenvalue weighted by molar-refractivity contribution is 9.10. The average Bonchev–Trinajstić information content (AvgIpc) is 1.91. The second-order valence-electron chi connectivity index (χ2n) is 1.70. The minimum Gasteiger partial charge on any atom is -0.169 e. The highest BCUT2D eigenvalue weighted by Gasteiger charge is 1.74. The molecular weight excluding hydrogens is 208 g/mol. The van der Waals surface area contributed by atoms with E-state index >= 15 is 0 Å². The molecule has 0 aliphatic rings. The van der Waals surface area contributed by atoms with Gasteiger partial charge in [-0.15, -0.1) is 0 Å². The summed E-state index contributed by atoms with van der Waals surface area (Å²) >= 11 is 5.06. The molecule has 1 aromatic carbocycles. The van der Waals surface area contributed by atoms with Crippen molar-refractivity contribution in [3.8, 4) is 0 Å². The molecular formula is C8H11BrS. The van der Waals surface area contributed by atoms with Crippen LogP contribution in [0, 0.1) is 0 Å². The van der Waals surface area contributed by atoms with Crippen molar-refractivity contribution in [2.24, 2.45) is 0 Å². The lowest BCUT2D eigenvalue weighted by atomic mass is 10.4. The van der Waals surface area contributed by atoms with Gasteiger partial charge < -0.3 is 0 Å². The van der Waals surface area contributed by atoms with Crippen LogP contribution in [0.25, 0.3) is 0 Å². The summed E-state index contributed by atoms with van der Waals surface area (Å²) in [5, 5.41) is 0. The van der Waals surface area contributed by atoms with Crippen molar-refractivity contribution in [3.63, 3.8) is 0 Å². The Morgan fingerprint density at radius 1 is 1.10 bits per heavy atom. The highest BCUT2D eigenvalue weighted by Crippen LogP contribution is 2.05. The number of hydrogen-bond acceptors (Lipinski definition) is 1. The summed E-state index contributed by atoms with van der Waals surface area (Å²) in [7, 11) is 0. The van der Waals surface area contributed by atoms with Crippen LogP contribution in [-0.4, -0.2) is 12.5 Å². The van der Waals surface area contributed by atoms with Gasteiger partial charge in [0.15, 0.2) is 0 Å². The molecule has 0 heterocycles. The molecule has 56 valence electrons. The molecule has 0 atom stereocenters. The minimum absolute atomic E-state index is 1.13. The van der Waals surface area contributed by atoms with Crippen LogP contribution in [0.15, 0.2) is 34.8 Å². The van der Waals surface area contributed by atoms with E-state index in [1.54, 1.807) is 11.8 Å². The van der Waals surface area contributed by atoms with Crippen molar-refractivity contribution >= 4 is 27.7 Å². The predicted octanol–water partition coefficient (Wildman–Crippen LogP) is 3.43. The Balaban J connectivity index is 0.000000236. The van der Waals surface area contributed by atoms with Crippen molar-refractivity contribution in [2.75, 3.05) is 12.5 Å². The van der Waals surface area contributed by atoms with Crippen molar-refractivity contribution in [2.45, 2.75) is 0 Å². The quantitative estimate of drug-likeness (QED) is 0.644. The van der Waals surface area contributed by atoms with Crippen LogP contribution < -0.4 is 0 Å². The predicted molar refractivity (Wildman–Crippen MR) is 53.6 cm³/mol. The molecule has 1 rings (SSSR count).